The minimum absolute atomic E-state index is 0.173. The first-order valence-electron chi connectivity index (χ1n) is 4.35. The second-order valence-corrected chi connectivity index (χ2v) is 3.54. The van der Waals surface area contributed by atoms with Gasteiger partial charge in [0.25, 0.3) is 0 Å². The topological polar surface area (TPSA) is 42.2 Å². The predicted octanol–water partition coefficient (Wildman–Crippen LogP) is 1.83. The van der Waals surface area contributed by atoms with Crippen LogP contribution in [0.5, 0.6) is 0 Å². The van der Waals surface area contributed by atoms with Gasteiger partial charge in [-0.05, 0) is 33.1 Å². The van der Waals surface area contributed by atoms with Gasteiger partial charge in [0.15, 0.2) is 11.9 Å². The molecule has 68 valence electrons. The first kappa shape index (κ1) is 9.50. The molecule has 0 N–H and O–H groups in total. The van der Waals surface area contributed by atoms with Crippen LogP contribution < -0.4 is 0 Å². The van der Waals surface area contributed by atoms with E-state index < -0.39 is 5.60 Å². The summed E-state index contributed by atoms with van der Waals surface area (Å²) in [5.74, 6) is 0. The number of nitriles is 1. The molecule has 1 unspecified atom stereocenters. The molecule has 0 aliphatic carbocycles. The molecule has 1 aliphatic heterocycles. The van der Waals surface area contributed by atoms with E-state index in [1.165, 1.54) is 0 Å². The Morgan fingerprint density at radius 2 is 2.25 bits per heavy atom. The first-order valence-corrected chi connectivity index (χ1v) is 4.35. The monoisotopic (exact) mass is 169 g/mol. The standard InChI is InChI=1S/C9H15NO2/c1-9(2,7-10)12-8-5-3-4-6-11-8/h8H,3-6H2,1-2H3. The Morgan fingerprint density at radius 1 is 1.50 bits per heavy atom. The van der Waals surface area contributed by atoms with Crippen molar-refractivity contribution in [3.63, 3.8) is 0 Å². The van der Waals surface area contributed by atoms with Crippen molar-refractivity contribution in [3.05, 3.63) is 0 Å². The summed E-state index contributed by atoms with van der Waals surface area (Å²) in [5, 5.41) is 8.69. The zero-order chi connectivity index (χ0) is 9.03. The van der Waals surface area contributed by atoms with Crippen LogP contribution in [-0.2, 0) is 9.47 Å². The second-order valence-electron chi connectivity index (χ2n) is 3.54. The van der Waals surface area contributed by atoms with Crippen LogP contribution >= 0.6 is 0 Å². The molecule has 1 atom stereocenters. The van der Waals surface area contributed by atoms with Crippen LogP contribution in [0.25, 0.3) is 0 Å². The van der Waals surface area contributed by atoms with Gasteiger partial charge in [0.1, 0.15) is 0 Å². The SMILES string of the molecule is CC(C)(C#N)OC1CCCCO1. The molecule has 3 heteroatoms. The zero-order valence-electron chi connectivity index (χ0n) is 7.67. The lowest BCUT2D eigenvalue weighted by Crippen LogP contribution is -2.32. The smallest absolute Gasteiger partial charge is 0.159 e. The van der Waals surface area contributed by atoms with Crippen molar-refractivity contribution in [2.75, 3.05) is 6.61 Å². The Hall–Kier alpha value is -0.590. The predicted molar refractivity (Wildman–Crippen MR) is 44.4 cm³/mol. The van der Waals surface area contributed by atoms with Crippen molar-refractivity contribution in [2.24, 2.45) is 0 Å². The van der Waals surface area contributed by atoms with Gasteiger partial charge in [0.2, 0.25) is 0 Å². The van der Waals surface area contributed by atoms with E-state index >= 15 is 0 Å². The third-order valence-corrected chi connectivity index (χ3v) is 1.83. The van der Waals surface area contributed by atoms with E-state index in [-0.39, 0.29) is 6.29 Å². The molecule has 0 aromatic heterocycles. The summed E-state index contributed by atoms with van der Waals surface area (Å²) >= 11 is 0. The van der Waals surface area contributed by atoms with Gasteiger partial charge in [0.05, 0.1) is 6.07 Å². The first-order chi connectivity index (χ1) is 5.64. The maximum absolute atomic E-state index is 8.69. The number of hydrogen-bond donors (Lipinski definition) is 0. The zero-order valence-corrected chi connectivity index (χ0v) is 7.67. The number of nitrogens with zero attached hydrogens (tertiary/aromatic N) is 1. The van der Waals surface area contributed by atoms with Crippen molar-refractivity contribution >= 4 is 0 Å². The van der Waals surface area contributed by atoms with E-state index in [9.17, 15) is 0 Å². The Balaban J connectivity index is 2.35. The molecule has 12 heavy (non-hydrogen) atoms. The van der Waals surface area contributed by atoms with Crippen molar-refractivity contribution in [1.29, 1.82) is 5.26 Å². The van der Waals surface area contributed by atoms with Gasteiger partial charge in [-0.1, -0.05) is 0 Å². The Bertz CT molecular complexity index is 177. The average Bonchev–Trinajstić information content (AvgIpc) is 2.06. The lowest BCUT2D eigenvalue weighted by atomic mass is 10.1. The van der Waals surface area contributed by atoms with E-state index in [2.05, 4.69) is 6.07 Å². The van der Waals surface area contributed by atoms with Crippen molar-refractivity contribution in [1.82, 2.24) is 0 Å². The van der Waals surface area contributed by atoms with E-state index in [0.717, 1.165) is 25.9 Å². The van der Waals surface area contributed by atoms with Crippen molar-refractivity contribution in [3.8, 4) is 6.07 Å². The molecule has 1 aliphatic rings. The van der Waals surface area contributed by atoms with E-state index in [0.29, 0.717) is 0 Å². The van der Waals surface area contributed by atoms with Crippen molar-refractivity contribution < 1.29 is 9.47 Å². The molecule has 1 heterocycles. The summed E-state index contributed by atoms with van der Waals surface area (Å²) in [6.07, 6.45) is 2.97. The number of ether oxygens (including phenoxy) is 2. The fourth-order valence-corrected chi connectivity index (χ4v) is 1.16. The minimum Gasteiger partial charge on any atom is -0.353 e. The molecule has 0 saturated carbocycles. The molecule has 1 fully saturated rings. The normalized spacial score (nSPS) is 24.9. The van der Waals surface area contributed by atoms with Gasteiger partial charge >= 0.3 is 0 Å². The third kappa shape index (κ3) is 2.80. The highest BCUT2D eigenvalue weighted by Crippen LogP contribution is 2.19. The van der Waals surface area contributed by atoms with Crippen LogP contribution in [0, 0.1) is 11.3 Å². The summed E-state index contributed by atoms with van der Waals surface area (Å²) in [4.78, 5) is 0. The summed E-state index contributed by atoms with van der Waals surface area (Å²) in [5.41, 5.74) is -0.720. The van der Waals surface area contributed by atoms with Crippen LogP contribution in [0.3, 0.4) is 0 Å². The molecular formula is C9H15NO2. The summed E-state index contributed by atoms with van der Waals surface area (Å²) in [6.45, 7) is 4.27. The highest BCUT2D eigenvalue weighted by Gasteiger charge is 2.24. The highest BCUT2D eigenvalue weighted by molar-refractivity contribution is 4.94. The summed E-state index contributed by atoms with van der Waals surface area (Å²) in [7, 11) is 0. The molecular weight excluding hydrogens is 154 g/mol. The lowest BCUT2D eigenvalue weighted by Gasteiger charge is -2.28. The number of hydrogen-bond acceptors (Lipinski definition) is 3. The molecule has 0 aromatic carbocycles. The van der Waals surface area contributed by atoms with Crippen LogP contribution in [0.15, 0.2) is 0 Å². The largest absolute Gasteiger partial charge is 0.353 e. The molecule has 0 radical (unpaired) electrons. The third-order valence-electron chi connectivity index (χ3n) is 1.83. The summed E-state index contributed by atoms with van der Waals surface area (Å²) in [6, 6.07) is 2.09. The Kier molecular flexibility index (Phi) is 3.07. The Labute approximate surface area is 73.3 Å². The Morgan fingerprint density at radius 3 is 2.75 bits per heavy atom. The van der Waals surface area contributed by atoms with E-state index in [1.807, 2.05) is 0 Å². The fraction of sp³-hybridized carbons (Fsp3) is 0.889. The lowest BCUT2D eigenvalue weighted by molar-refractivity contribution is -0.199. The molecule has 1 rings (SSSR count). The minimum atomic E-state index is -0.720. The van der Waals surface area contributed by atoms with Gasteiger partial charge in [-0.3, -0.25) is 0 Å². The maximum Gasteiger partial charge on any atom is 0.159 e. The average molecular weight is 169 g/mol. The van der Waals surface area contributed by atoms with Gasteiger partial charge in [-0.2, -0.15) is 5.26 Å². The van der Waals surface area contributed by atoms with Crippen LogP contribution in [0.1, 0.15) is 33.1 Å². The van der Waals surface area contributed by atoms with Gasteiger partial charge in [-0.25, -0.2) is 0 Å². The fourth-order valence-electron chi connectivity index (χ4n) is 1.16. The van der Waals surface area contributed by atoms with Crippen LogP contribution in [0.4, 0.5) is 0 Å². The molecule has 0 aromatic rings. The van der Waals surface area contributed by atoms with Gasteiger partial charge in [0, 0.05) is 6.61 Å². The van der Waals surface area contributed by atoms with E-state index in [4.69, 9.17) is 14.7 Å². The highest BCUT2D eigenvalue weighted by atomic mass is 16.7. The van der Waals surface area contributed by atoms with Crippen molar-refractivity contribution in [2.45, 2.75) is 45.0 Å². The van der Waals surface area contributed by atoms with Gasteiger partial charge < -0.3 is 9.47 Å². The molecule has 0 amide bonds. The molecule has 3 nitrogen and oxygen atoms in total. The molecule has 0 spiro atoms. The molecule has 1 saturated heterocycles. The van der Waals surface area contributed by atoms with Crippen LogP contribution in [0.2, 0.25) is 0 Å². The quantitative estimate of drug-likeness (QED) is 0.633. The second kappa shape index (κ2) is 3.88. The van der Waals surface area contributed by atoms with Gasteiger partial charge in [-0.15, -0.1) is 0 Å². The van der Waals surface area contributed by atoms with Crippen LogP contribution in [-0.4, -0.2) is 18.5 Å². The summed E-state index contributed by atoms with van der Waals surface area (Å²) < 4.78 is 10.8. The van der Waals surface area contributed by atoms with E-state index in [1.54, 1.807) is 13.8 Å². The molecule has 0 bridgehead atoms. The number of rotatable bonds is 2. The maximum atomic E-state index is 8.69.